The molecule has 6 nitrogen and oxygen atoms in total. The third-order valence-electron chi connectivity index (χ3n) is 2.98. The summed E-state index contributed by atoms with van der Waals surface area (Å²) in [6.07, 6.45) is 0.216. The van der Waals surface area contributed by atoms with Gasteiger partial charge in [-0.15, -0.1) is 0 Å². The summed E-state index contributed by atoms with van der Waals surface area (Å²) in [5.74, 6) is -1.41. The summed E-state index contributed by atoms with van der Waals surface area (Å²) < 4.78 is 5.26. The maximum absolute atomic E-state index is 12.0. The van der Waals surface area contributed by atoms with Crippen molar-refractivity contribution in [3.8, 4) is 0 Å². The number of rotatable bonds is 4. The van der Waals surface area contributed by atoms with Crippen LogP contribution in [0.15, 0.2) is 12.1 Å². The lowest BCUT2D eigenvalue weighted by atomic mass is 10.1. The molecule has 0 bridgehead atoms. The van der Waals surface area contributed by atoms with Gasteiger partial charge in [-0.2, -0.15) is 0 Å². The summed E-state index contributed by atoms with van der Waals surface area (Å²) in [5.41, 5.74) is 0.176. The quantitative estimate of drug-likeness (QED) is 0.785. The number of ether oxygens (including phenoxy) is 1. The number of amides is 1. The Labute approximate surface area is 131 Å². The maximum atomic E-state index is 12.0. The number of morpholine rings is 1. The highest BCUT2D eigenvalue weighted by Crippen LogP contribution is 2.32. The Morgan fingerprint density at radius 1 is 1.38 bits per heavy atom. The Kier molecular flexibility index (Phi) is 5.41. The minimum absolute atomic E-state index is 0.0367. The van der Waals surface area contributed by atoms with Crippen LogP contribution in [0.5, 0.6) is 0 Å². The van der Waals surface area contributed by atoms with Crippen LogP contribution in [-0.4, -0.2) is 42.8 Å². The van der Waals surface area contributed by atoms with Gasteiger partial charge in [-0.25, -0.2) is 4.79 Å². The number of carbonyl (C=O) groups is 2. The average molecular weight is 333 g/mol. The molecule has 1 aromatic carbocycles. The van der Waals surface area contributed by atoms with E-state index >= 15 is 0 Å². The minimum atomic E-state index is -1.14. The van der Waals surface area contributed by atoms with Gasteiger partial charge in [-0.1, -0.05) is 23.2 Å². The third-order valence-corrected chi connectivity index (χ3v) is 3.58. The zero-order valence-corrected chi connectivity index (χ0v) is 12.5. The largest absolute Gasteiger partial charge is 0.478 e. The van der Waals surface area contributed by atoms with Crippen LogP contribution < -0.4 is 10.6 Å². The Morgan fingerprint density at radius 3 is 2.57 bits per heavy atom. The highest BCUT2D eigenvalue weighted by Gasteiger charge is 2.19. The zero-order chi connectivity index (χ0) is 15.4. The second-order valence-electron chi connectivity index (χ2n) is 4.60. The first kappa shape index (κ1) is 16.0. The molecule has 1 aromatic rings. The van der Waals surface area contributed by atoms with Gasteiger partial charge in [-0.3, -0.25) is 4.79 Å². The van der Waals surface area contributed by atoms with Crippen molar-refractivity contribution in [2.24, 2.45) is 0 Å². The van der Waals surface area contributed by atoms with Crippen LogP contribution in [0.25, 0.3) is 0 Å². The van der Waals surface area contributed by atoms with Crippen LogP contribution >= 0.6 is 23.2 Å². The Bertz CT molecular complexity index is 536. The molecule has 2 rings (SSSR count). The first-order chi connectivity index (χ1) is 9.97. The Balaban J connectivity index is 2.04. The lowest BCUT2D eigenvalue weighted by Crippen LogP contribution is -2.43. The van der Waals surface area contributed by atoms with E-state index < -0.39 is 5.97 Å². The topological polar surface area (TPSA) is 87.7 Å². The first-order valence-corrected chi connectivity index (χ1v) is 7.06. The van der Waals surface area contributed by atoms with Crippen molar-refractivity contribution in [1.29, 1.82) is 0 Å². The number of hydrogen-bond donors (Lipinski definition) is 3. The molecule has 0 saturated carbocycles. The standard InChI is InChI=1S/C13H14Cl2N2O4/c14-9-3-7(13(19)20)4-10(15)12(9)17-11(18)5-8-6-21-2-1-16-8/h3-4,8,16H,1-2,5-6H2,(H,17,18)(H,19,20). The molecule has 1 aliphatic rings. The maximum Gasteiger partial charge on any atom is 0.335 e. The number of carboxylic acids is 1. The van der Waals surface area contributed by atoms with Crippen LogP contribution in [0.3, 0.4) is 0 Å². The number of carboxylic acid groups (broad SMARTS) is 1. The fourth-order valence-electron chi connectivity index (χ4n) is 1.98. The number of halogens is 2. The van der Waals surface area contributed by atoms with E-state index in [9.17, 15) is 9.59 Å². The molecule has 0 aromatic heterocycles. The Morgan fingerprint density at radius 2 is 2.05 bits per heavy atom. The fourth-order valence-corrected chi connectivity index (χ4v) is 2.56. The van der Waals surface area contributed by atoms with Crippen molar-refractivity contribution in [3.63, 3.8) is 0 Å². The normalized spacial score (nSPS) is 18.3. The molecule has 1 amide bonds. The molecule has 8 heteroatoms. The minimum Gasteiger partial charge on any atom is -0.478 e. The molecule has 3 N–H and O–H groups in total. The summed E-state index contributed by atoms with van der Waals surface area (Å²) in [6.45, 7) is 1.80. The van der Waals surface area contributed by atoms with Gasteiger partial charge in [0, 0.05) is 19.0 Å². The van der Waals surface area contributed by atoms with Crippen LogP contribution in [0.2, 0.25) is 10.0 Å². The molecule has 0 radical (unpaired) electrons. The van der Waals surface area contributed by atoms with Gasteiger partial charge in [0.25, 0.3) is 0 Å². The predicted octanol–water partition coefficient (Wildman–Crippen LogP) is 2.01. The number of carbonyl (C=O) groups excluding carboxylic acids is 1. The molecule has 114 valence electrons. The predicted molar refractivity (Wildman–Crippen MR) is 79.3 cm³/mol. The number of nitrogens with one attached hydrogen (secondary N) is 2. The van der Waals surface area contributed by atoms with E-state index in [1.165, 1.54) is 12.1 Å². The molecule has 0 aliphatic carbocycles. The van der Waals surface area contributed by atoms with Gasteiger partial charge in [0.05, 0.1) is 34.5 Å². The molecule has 1 fully saturated rings. The summed E-state index contributed by atoms with van der Waals surface area (Å²) in [7, 11) is 0. The molecule has 1 saturated heterocycles. The van der Waals surface area contributed by atoms with E-state index in [2.05, 4.69) is 10.6 Å². The van der Waals surface area contributed by atoms with Crippen molar-refractivity contribution in [3.05, 3.63) is 27.7 Å². The van der Waals surface area contributed by atoms with E-state index in [4.69, 9.17) is 33.0 Å². The molecule has 1 unspecified atom stereocenters. The van der Waals surface area contributed by atoms with E-state index in [-0.39, 0.29) is 39.7 Å². The molecular weight excluding hydrogens is 319 g/mol. The highest BCUT2D eigenvalue weighted by atomic mass is 35.5. The van der Waals surface area contributed by atoms with E-state index in [1.807, 2.05) is 0 Å². The number of aromatic carboxylic acids is 1. The van der Waals surface area contributed by atoms with E-state index in [0.29, 0.717) is 19.8 Å². The first-order valence-electron chi connectivity index (χ1n) is 6.30. The summed E-state index contributed by atoms with van der Waals surface area (Å²) >= 11 is 11.9. The third kappa shape index (κ3) is 4.31. The number of benzene rings is 1. The summed E-state index contributed by atoms with van der Waals surface area (Å²) in [6, 6.07) is 2.43. The van der Waals surface area contributed by atoms with Crippen LogP contribution in [0.1, 0.15) is 16.8 Å². The lowest BCUT2D eigenvalue weighted by molar-refractivity contribution is -0.117. The second kappa shape index (κ2) is 7.09. The van der Waals surface area contributed by atoms with Crippen molar-refractivity contribution in [1.82, 2.24) is 5.32 Å². The van der Waals surface area contributed by atoms with Gasteiger partial charge in [0.15, 0.2) is 0 Å². The van der Waals surface area contributed by atoms with Gasteiger partial charge in [-0.05, 0) is 12.1 Å². The second-order valence-corrected chi connectivity index (χ2v) is 5.41. The SMILES string of the molecule is O=C(CC1COCCN1)Nc1c(Cl)cc(C(=O)O)cc1Cl. The zero-order valence-electron chi connectivity index (χ0n) is 11.0. The van der Waals surface area contributed by atoms with Gasteiger partial charge in [0.2, 0.25) is 5.91 Å². The van der Waals surface area contributed by atoms with Crippen molar-refractivity contribution < 1.29 is 19.4 Å². The monoisotopic (exact) mass is 332 g/mol. The molecule has 1 heterocycles. The summed E-state index contributed by atoms with van der Waals surface area (Å²) in [5, 5.41) is 14.8. The number of hydrogen-bond acceptors (Lipinski definition) is 4. The summed E-state index contributed by atoms with van der Waals surface area (Å²) in [4.78, 5) is 22.8. The molecular formula is C13H14Cl2N2O4. The van der Waals surface area contributed by atoms with Gasteiger partial charge >= 0.3 is 5.97 Å². The highest BCUT2D eigenvalue weighted by molar-refractivity contribution is 6.40. The van der Waals surface area contributed by atoms with Crippen LogP contribution in [0.4, 0.5) is 5.69 Å². The van der Waals surface area contributed by atoms with Crippen molar-refractivity contribution in [2.45, 2.75) is 12.5 Å². The molecule has 0 spiro atoms. The van der Waals surface area contributed by atoms with Crippen molar-refractivity contribution in [2.75, 3.05) is 25.1 Å². The molecule has 21 heavy (non-hydrogen) atoms. The van der Waals surface area contributed by atoms with Gasteiger partial charge in [0.1, 0.15) is 0 Å². The smallest absolute Gasteiger partial charge is 0.335 e. The van der Waals surface area contributed by atoms with E-state index in [0.717, 1.165) is 0 Å². The average Bonchev–Trinajstić information content (AvgIpc) is 2.43. The van der Waals surface area contributed by atoms with Crippen LogP contribution in [0, 0.1) is 0 Å². The molecule has 1 aliphatic heterocycles. The molecule has 1 atom stereocenters. The lowest BCUT2D eigenvalue weighted by Gasteiger charge is -2.23. The fraction of sp³-hybridized carbons (Fsp3) is 0.385. The van der Waals surface area contributed by atoms with Gasteiger partial charge < -0.3 is 20.5 Å². The number of anilines is 1. The Hall–Kier alpha value is -1.34. The van der Waals surface area contributed by atoms with Crippen LogP contribution in [-0.2, 0) is 9.53 Å². The van der Waals surface area contributed by atoms with Crippen molar-refractivity contribution >= 4 is 40.8 Å². The van der Waals surface area contributed by atoms with E-state index in [1.54, 1.807) is 0 Å².